The molecule has 0 bridgehead atoms. The van der Waals surface area contributed by atoms with Crippen LogP contribution in [0.5, 0.6) is 0 Å². The Morgan fingerprint density at radius 1 is 0.931 bits per heavy atom. The highest BCUT2D eigenvalue weighted by molar-refractivity contribution is 5.67. The molecule has 0 radical (unpaired) electrons. The average molecular weight is 417 g/mol. The lowest BCUT2D eigenvalue weighted by molar-refractivity contribution is -0.289. The van der Waals surface area contributed by atoms with Gasteiger partial charge in [-0.15, -0.1) is 0 Å². The minimum atomic E-state index is -0.901. The second kappa shape index (κ2) is 11.5. The number of esters is 3. The van der Waals surface area contributed by atoms with Gasteiger partial charge in [0.25, 0.3) is 0 Å². The molecule has 1 fully saturated rings. The summed E-state index contributed by atoms with van der Waals surface area (Å²) in [5.74, 6) is -1.92. The highest BCUT2D eigenvalue weighted by atomic mass is 16.7. The first kappa shape index (κ1) is 25.4. The van der Waals surface area contributed by atoms with Gasteiger partial charge in [0.1, 0.15) is 18.8 Å². The molecular weight excluding hydrogens is 380 g/mol. The van der Waals surface area contributed by atoms with Crippen LogP contribution in [0.15, 0.2) is 0 Å². The predicted molar refractivity (Wildman–Crippen MR) is 105 cm³/mol. The van der Waals surface area contributed by atoms with E-state index in [4.69, 9.17) is 23.7 Å². The third kappa shape index (κ3) is 8.70. The van der Waals surface area contributed by atoms with Crippen molar-refractivity contribution in [3.05, 3.63) is 0 Å². The van der Waals surface area contributed by atoms with Crippen molar-refractivity contribution in [1.29, 1.82) is 0 Å². The molecule has 29 heavy (non-hydrogen) atoms. The molecule has 1 aliphatic heterocycles. The van der Waals surface area contributed by atoms with Gasteiger partial charge in [0.15, 0.2) is 12.4 Å². The number of hydrogen-bond donors (Lipinski definition) is 0. The normalized spacial score (nSPS) is 27.2. The van der Waals surface area contributed by atoms with Crippen LogP contribution in [-0.4, -0.2) is 55.7 Å². The number of hydrogen-bond acceptors (Lipinski definition) is 8. The molecule has 5 atom stereocenters. The summed E-state index contributed by atoms with van der Waals surface area (Å²) in [4.78, 5) is 34.5. The first-order valence-corrected chi connectivity index (χ1v) is 10.2. The molecule has 5 unspecified atom stereocenters. The number of carbonyl (C=O) groups is 3. The molecule has 1 heterocycles. The fraction of sp³-hybridized carbons (Fsp3) is 0.857. The van der Waals surface area contributed by atoms with Crippen molar-refractivity contribution in [3.63, 3.8) is 0 Å². The Morgan fingerprint density at radius 2 is 1.52 bits per heavy atom. The molecule has 0 saturated carbocycles. The fourth-order valence-corrected chi connectivity index (χ4v) is 3.52. The summed E-state index contributed by atoms with van der Waals surface area (Å²) < 4.78 is 27.9. The third-order valence-corrected chi connectivity index (χ3v) is 4.99. The molecular formula is C21H36O8. The van der Waals surface area contributed by atoms with Crippen LogP contribution in [0.2, 0.25) is 0 Å². The lowest BCUT2D eigenvalue weighted by atomic mass is 9.85. The maximum atomic E-state index is 11.7. The zero-order valence-electron chi connectivity index (χ0n) is 18.7. The van der Waals surface area contributed by atoms with Gasteiger partial charge in [-0.05, 0) is 18.3 Å². The van der Waals surface area contributed by atoms with E-state index in [1.807, 2.05) is 6.92 Å². The van der Waals surface area contributed by atoms with Crippen molar-refractivity contribution in [3.8, 4) is 0 Å². The maximum absolute atomic E-state index is 11.7. The highest BCUT2D eigenvalue weighted by Gasteiger charge is 2.48. The largest absolute Gasteiger partial charge is 0.463 e. The molecule has 0 aromatic heterocycles. The topological polar surface area (TPSA) is 97.4 Å². The van der Waals surface area contributed by atoms with Crippen LogP contribution in [0.25, 0.3) is 0 Å². The predicted octanol–water partition coefficient (Wildman–Crippen LogP) is 3.01. The summed E-state index contributed by atoms with van der Waals surface area (Å²) in [5.41, 5.74) is 0.138. The highest BCUT2D eigenvalue weighted by Crippen LogP contribution is 2.33. The Balaban J connectivity index is 2.95. The van der Waals surface area contributed by atoms with E-state index in [1.165, 1.54) is 20.8 Å². The summed E-state index contributed by atoms with van der Waals surface area (Å²) in [5, 5.41) is 0. The zero-order chi connectivity index (χ0) is 22.2. The Labute approximate surface area is 173 Å². The SMILES string of the molecule is CCCC(C)(C)CCOC1OC(COC(C)=O)C(OC(C)=O)C(OC(C)=O)C1C. The van der Waals surface area contributed by atoms with Gasteiger partial charge in [-0.3, -0.25) is 14.4 Å². The zero-order valence-corrected chi connectivity index (χ0v) is 18.7. The van der Waals surface area contributed by atoms with Crippen LogP contribution in [0, 0.1) is 11.3 Å². The van der Waals surface area contributed by atoms with Crippen molar-refractivity contribution in [1.82, 2.24) is 0 Å². The summed E-state index contributed by atoms with van der Waals surface area (Å²) in [6.45, 7) is 12.5. The van der Waals surface area contributed by atoms with E-state index >= 15 is 0 Å². The Kier molecular flexibility index (Phi) is 10.1. The van der Waals surface area contributed by atoms with Crippen molar-refractivity contribution in [2.45, 2.75) is 92.3 Å². The van der Waals surface area contributed by atoms with Gasteiger partial charge in [0.2, 0.25) is 0 Å². The molecule has 8 nitrogen and oxygen atoms in total. The van der Waals surface area contributed by atoms with E-state index < -0.39 is 42.5 Å². The Morgan fingerprint density at radius 3 is 2.03 bits per heavy atom. The van der Waals surface area contributed by atoms with E-state index in [2.05, 4.69) is 20.8 Å². The molecule has 0 aromatic rings. The molecule has 8 heteroatoms. The average Bonchev–Trinajstić information content (AvgIpc) is 2.58. The first-order valence-electron chi connectivity index (χ1n) is 10.2. The standard InChI is InChI=1S/C21H36O8/c1-8-9-21(6,7)10-11-25-20-13(2)18(27-15(4)23)19(28-16(5)24)17(29-20)12-26-14(3)22/h13,17-20H,8-12H2,1-7H3. The molecule has 1 rings (SSSR count). The summed E-state index contributed by atoms with van der Waals surface area (Å²) in [6.07, 6.45) is -0.167. The Hall–Kier alpha value is -1.67. The van der Waals surface area contributed by atoms with E-state index in [-0.39, 0.29) is 17.9 Å². The monoisotopic (exact) mass is 416 g/mol. The smallest absolute Gasteiger partial charge is 0.303 e. The molecule has 0 amide bonds. The van der Waals surface area contributed by atoms with Crippen molar-refractivity contribution in [2.75, 3.05) is 13.2 Å². The van der Waals surface area contributed by atoms with Gasteiger partial charge in [-0.25, -0.2) is 0 Å². The second-order valence-electron chi connectivity index (χ2n) is 8.39. The van der Waals surface area contributed by atoms with E-state index in [9.17, 15) is 14.4 Å². The van der Waals surface area contributed by atoms with Crippen molar-refractivity contribution < 1.29 is 38.1 Å². The van der Waals surface area contributed by atoms with Gasteiger partial charge >= 0.3 is 17.9 Å². The fourth-order valence-electron chi connectivity index (χ4n) is 3.52. The molecule has 1 saturated heterocycles. The van der Waals surface area contributed by atoms with E-state index in [1.54, 1.807) is 0 Å². The minimum absolute atomic E-state index is 0.138. The van der Waals surface area contributed by atoms with Crippen molar-refractivity contribution in [2.24, 2.45) is 11.3 Å². The van der Waals surface area contributed by atoms with Crippen molar-refractivity contribution >= 4 is 17.9 Å². The summed E-state index contributed by atoms with van der Waals surface area (Å²) in [6, 6.07) is 0. The van der Waals surface area contributed by atoms with Crippen LogP contribution < -0.4 is 0 Å². The Bertz CT molecular complexity index is 559. The summed E-state index contributed by atoms with van der Waals surface area (Å²) in [7, 11) is 0. The van der Waals surface area contributed by atoms with E-state index in [0.29, 0.717) is 6.61 Å². The van der Waals surface area contributed by atoms with Gasteiger partial charge in [0.05, 0.1) is 6.61 Å². The number of carbonyl (C=O) groups excluding carboxylic acids is 3. The van der Waals surface area contributed by atoms with Gasteiger partial charge in [0, 0.05) is 26.7 Å². The van der Waals surface area contributed by atoms with Gasteiger partial charge < -0.3 is 23.7 Å². The minimum Gasteiger partial charge on any atom is -0.463 e. The third-order valence-electron chi connectivity index (χ3n) is 4.99. The first-order chi connectivity index (χ1) is 13.5. The molecule has 0 aliphatic carbocycles. The number of rotatable bonds is 10. The molecule has 0 N–H and O–H groups in total. The second-order valence-corrected chi connectivity index (χ2v) is 8.39. The van der Waals surface area contributed by atoms with Crippen LogP contribution >= 0.6 is 0 Å². The van der Waals surface area contributed by atoms with E-state index in [0.717, 1.165) is 19.3 Å². The van der Waals surface area contributed by atoms with Crippen LogP contribution in [0.4, 0.5) is 0 Å². The van der Waals surface area contributed by atoms with Crippen LogP contribution in [-0.2, 0) is 38.1 Å². The quantitative estimate of drug-likeness (QED) is 0.396. The van der Waals surface area contributed by atoms with Crippen LogP contribution in [0.1, 0.15) is 67.7 Å². The van der Waals surface area contributed by atoms with Gasteiger partial charge in [-0.2, -0.15) is 0 Å². The molecule has 168 valence electrons. The number of ether oxygens (including phenoxy) is 5. The molecule has 0 spiro atoms. The molecule has 0 aromatic carbocycles. The lowest BCUT2D eigenvalue weighted by Crippen LogP contribution is -2.58. The summed E-state index contributed by atoms with van der Waals surface area (Å²) >= 11 is 0. The van der Waals surface area contributed by atoms with Crippen LogP contribution in [0.3, 0.4) is 0 Å². The maximum Gasteiger partial charge on any atom is 0.303 e. The lowest BCUT2D eigenvalue weighted by Gasteiger charge is -2.44. The molecule has 1 aliphatic rings. The van der Waals surface area contributed by atoms with Gasteiger partial charge in [-0.1, -0.05) is 34.1 Å².